The van der Waals surface area contributed by atoms with Gasteiger partial charge in [0, 0.05) is 0 Å². The van der Waals surface area contributed by atoms with E-state index in [-0.39, 0.29) is 12.4 Å². The zero-order valence-corrected chi connectivity index (χ0v) is 21.8. The van der Waals surface area contributed by atoms with Gasteiger partial charge in [0.25, 0.3) is 0 Å². The summed E-state index contributed by atoms with van der Waals surface area (Å²) in [6.45, 7) is 7.07. The Morgan fingerprint density at radius 1 is 0.357 bits per heavy atom. The van der Waals surface area contributed by atoms with Gasteiger partial charge in [-0.1, -0.05) is 143 Å². The zero-order chi connectivity index (χ0) is 19.8. The van der Waals surface area contributed by atoms with E-state index in [0.717, 1.165) is 0 Å². The zero-order valence-electron chi connectivity index (χ0n) is 20.1. The van der Waals surface area contributed by atoms with Crippen LogP contribution in [0.4, 0.5) is 0 Å². The van der Waals surface area contributed by atoms with Crippen LogP contribution in [0.2, 0.25) is 0 Å². The van der Waals surface area contributed by atoms with Crippen LogP contribution in [0.25, 0.3) is 0 Å². The lowest BCUT2D eigenvalue weighted by atomic mass is 10.0. The largest absolute Gasteiger partial charge is 0.147 e. The van der Waals surface area contributed by atoms with Gasteiger partial charge in [0.15, 0.2) is 0 Å². The van der Waals surface area contributed by atoms with Gasteiger partial charge >= 0.3 is 0 Å². The number of unbranched alkanes of at least 4 members (excludes halogenated alkanes) is 19. The Labute approximate surface area is 188 Å². The molecule has 0 saturated heterocycles. The van der Waals surface area contributed by atoms with Crippen LogP contribution in [0, 0.1) is 0 Å². The van der Waals surface area contributed by atoms with Crippen LogP contribution in [-0.4, -0.2) is 18.5 Å². The van der Waals surface area contributed by atoms with Gasteiger partial charge in [-0.15, -0.1) is 20.3 Å². The molecule has 0 aromatic rings. The van der Waals surface area contributed by atoms with Crippen molar-refractivity contribution in [1.29, 1.82) is 0 Å². The standard InChI is InChI=1S/C26H55P.ClH/c1-4-7-8-9-10-11-12-13-14-15-16-17-18-19-20-21-22-23-24-25-26-27(5-2)6-3;/h4-26H2,1-3H3;1H. The molecule has 0 radical (unpaired) electrons. The van der Waals surface area contributed by atoms with Crippen molar-refractivity contribution in [1.82, 2.24) is 0 Å². The topological polar surface area (TPSA) is 0 Å². The summed E-state index contributed by atoms with van der Waals surface area (Å²) in [5.41, 5.74) is 0. The molecule has 0 aliphatic carbocycles. The highest BCUT2D eigenvalue weighted by atomic mass is 35.5. The lowest BCUT2D eigenvalue weighted by Gasteiger charge is -2.12. The summed E-state index contributed by atoms with van der Waals surface area (Å²) in [7, 11) is 0.398. The van der Waals surface area contributed by atoms with Crippen molar-refractivity contribution in [3.05, 3.63) is 0 Å². The molecule has 0 amide bonds. The predicted octanol–water partition coefficient (Wildman–Crippen LogP) is 10.8. The number of rotatable bonds is 23. The van der Waals surface area contributed by atoms with Gasteiger partial charge in [0.2, 0.25) is 0 Å². The quantitative estimate of drug-likeness (QED) is 0.111. The molecule has 0 rings (SSSR count). The third-order valence-electron chi connectivity index (χ3n) is 6.22. The first kappa shape index (κ1) is 30.9. The van der Waals surface area contributed by atoms with Crippen LogP contribution in [0.5, 0.6) is 0 Å². The molecule has 0 fully saturated rings. The molecule has 0 saturated carbocycles. The van der Waals surface area contributed by atoms with Gasteiger partial charge in [0.05, 0.1) is 0 Å². The first-order valence-corrected chi connectivity index (χ1v) is 15.0. The Hall–Kier alpha value is 0.720. The Kier molecular flexibility index (Phi) is 30.6. The average Bonchev–Trinajstić information content (AvgIpc) is 2.69. The van der Waals surface area contributed by atoms with Crippen LogP contribution in [-0.2, 0) is 0 Å². The van der Waals surface area contributed by atoms with Crippen LogP contribution in [0.15, 0.2) is 0 Å². The second kappa shape index (κ2) is 27.7. The monoisotopic (exact) mass is 434 g/mol. The van der Waals surface area contributed by atoms with E-state index in [9.17, 15) is 0 Å². The molecule has 28 heavy (non-hydrogen) atoms. The van der Waals surface area contributed by atoms with Crippen molar-refractivity contribution in [2.45, 2.75) is 149 Å². The fourth-order valence-electron chi connectivity index (χ4n) is 4.13. The highest BCUT2D eigenvalue weighted by Crippen LogP contribution is 2.35. The third kappa shape index (κ3) is 24.8. The molecule has 0 heterocycles. The van der Waals surface area contributed by atoms with Gasteiger partial charge in [-0.05, 0) is 24.9 Å². The SMILES string of the molecule is CCCCCCCCCCCCCCCCCCCCCCP(CC)CC.Cl. The molecule has 0 unspecified atom stereocenters. The summed E-state index contributed by atoms with van der Waals surface area (Å²) in [5, 5.41) is 0. The molecular weight excluding hydrogens is 379 g/mol. The molecule has 0 bridgehead atoms. The van der Waals surface area contributed by atoms with Crippen molar-refractivity contribution < 1.29 is 0 Å². The second-order valence-corrected chi connectivity index (χ2v) is 11.8. The minimum atomic E-state index is 0. The van der Waals surface area contributed by atoms with Gasteiger partial charge in [0.1, 0.15) is 0 Å². The smallest absolute Gasteiger partial charge is 0.0326 e. The van der Waals surface area contributed by atoms with Gasteiger partial charge < -0.3 is 0 Å². The van der Waals surface area contributed by atoms with Crippen LogP contribution in [0.3, 0.4) is 0 Å². The van der Waals surface area contributed by atoms with Crippen LogP contribution >= 0.6 is 20.3 Å². The third-order valence-corrected chi connectivity index (χ3v) is 8.96. The first-order valence-electron chi connectivity index (χ1n) is 13.1. The van der Waals surface area contributed by atoms with E-state index in [1.54, 1.807) is 6.16 Å². The van der Waals surface area contributed by atoms with E-state index in [0.29, 0.717) is 7.92 Å². The van der Waals surface area contributed by atoms with Crippen molar-refractivity contribution >= 4 is 20.3 Å². The summed E-state index contributed by atoms with van der Waals surface area (Å²) in [6.07, 6.45) is 34.1. The van der Waals surface area contributed by atoms with Gasteiger partial charge in [-0.25, -0.2) is 0 Å². The van der Waals surface area contributed by atoms with Crippen molar-refractivity contribution in [3.8, 4) is 0 Å². The molecule has 0 atom stereocenters. The molecule has 0 aromatic heterocycles. The summed E-state index contributed by atoms with van der Waals surface area (Å²) < 4.78 is 0. The number of hydrogen-bond donors (Lipinski definition) is 0. The van der Waals surface area contributed by atoms with E-state index in [4.69, 9.17) is 0 Å². The van der Waals surface area contributed by atoms with Crippen molar-refractivity contribution in [2.24, 2.45) is 0 Å². The molecule has 0 nitrogen and oxygen atoms in total. The lowest BCUT2D eigenvalue weighted by molar-refractivity contribution is 0.523. The molecule has 0 spiro atoms. The predicted molar refractivity (Wildman–Crippen MR) is 138 cm³/mol. The molecule has 0 aromatic carbocycles. The van der Waals surface area contributed by atoms with Crippen LogP contribution < -0.4 is 0 Å². The number of hydrogen-bond acceptors (Lipinski definition) is 0. The molecule has 0 aliphatic heterocycles. The highest BCUT2D eigenvalue weighted by Gasteiger charge is 2.01. The molecule has 2 heteroatoms. The Balaban J connectivity index is 0. The molecule has 0 aliphatic rings. The van der Waals surface area contributed by atoms with E-state index < -0.39 is 0 Å². The van der Waals surface area contributed by atoms with Crippen molar-refractivity contribution in [3.63, 3.8) is 0 Å². The molecule has 172 valence electrons. The second-order valence-electron chi connectivity index (χ2n) is 8.74. The summed E-state index contributed by atoms with van der Waals surface area (Å²) in [4.78, 5) is 0. The van der Waals surface area contributed by atoms with Crippen molar-refractivity contribution in [2.75, 3.05) is 18.5 Å². The lowest BCUT2D eigenvalue weighted by Crippen LogP contribution is -1.90. The maximum absolute atomic E-state index is 2.38. The summed E-state index contributed by atoms with van der Waals surface area (Å²) >= 11 is 0. The van der Waals surface area contributed by atoms with Gasteiger partial charge in [-0.3, -0.25) is 0 Å². The normalized spacial score (nSPS) is 11.1. The van der Waals surface area contributed by atoms with E-state index in [1.807, 2.05) is 0 Å². The van der Waals surface area contributed by atoms with E-state index in [2.05, 4.69) is 20.8 Å². The van der Waals surface area contributed by atoms with E-state index in [1.165, 1.54) is 141 Å². The fourth-order valence-corrected chi connectivity index (χ4v) is 5.88. The number of halogens is 1. The van der Waals surface area contributed by atoms with Crippen LogP contribution in [0.1, 0.15) is 149 Å². The Morgan fingerprint density at radius 2 is 0.607 bits per heavy atom. The first-order chi connectivity index (χ1) is 13.3. The highest BCUT2D eigenvalue weighted by molar-refractivity contribution is 7.57. The minimum absolute atomic E-state index is 0. The summed E-state index contributed by atoms with van der Waals surface area (Å²) in [6, 6.07) is 0. The fraction of sp³-hybridized carbons (Fsp3) is 1.00. The average molecular weight is 435 g/mol. The molecular formula is C26H56ClP. The maximum Gasteiger partial charge on any atom is -0.0326 e. The van der Waals surface area contributed by atoms with Gasteiger partial charge in [-0.2, -0.15) is 0 Å². The molecule has 0 N–H and O–H groups in total. The summed E-state index contributed by atoms with van der Waals surface area (Å²) in [5.74, 6) is 0. The maximum atomic E-state index is 2.38. The Morgan fingerprint density at radius 3 is 0.857 bits per heavy atom. The minimum Gasteiger partial charge on any atom is -0.147 e. The van der Waals surface area contributed by atoms with E-state index >= 15 is 0 Å². The Bertz CT molecular complexity index is 253.